The number of ether oxygens (including phenoxy) is 1. The van der Waals surface area contributed by atoms with Crippen LogP contribution in [0, 0.1) is 0 Å². The van der Waals surface area contributed by atoms with Gasteiger partial charge in [0.05, 0.1) is 47.4 Å². The second-order valence-electron chi connectivity index (χ2n) is 10.8. The summed E-state index contributed by atoms with van der Waals surface area (Å²) in [5, 5.41) is 6.65. The summed E-state index contributed by atoms with van der Waals surface area (Å²) in [6, 6.07) is 11.3. The molecule has 4 aromatic rings. The van der Waals surface area contributed by atoms with E-state index in [1.165, 1.54) is 27.9 Å². The molecule has 2 saturated heterocycles. The molecule has 0 aliphatic carbocycles. The number of carbonyl (C=O) groups is 1. The molecular weight excluding hydrogens is 601 g/mol. The van der Waals surface area contributed by atoms with E-state index in [-0.39, 0.29) is 41.6 Å². The maximum Gasteiger partial charge on any atom is 0.272 e. The number of hydrogen-bond donors (Lipinski definition) is 2. The van der Waals surface area contributed by atoms with Gasteiger partial charge in [0, 0.05) is 19.6 Å². The Kier molecular flexibility index (Phi) is 6.74. The summed E-state index contributed by atoms with van der Waals surface area (Å²) in [4.78, 5) is 23.1. The number of nitrogens with zero attached hydrogens (tertiary/aromatic N) is 6. The van der Waals surface area contributed by atoms with Crippen LogP contribution in [0.15, 0.2) is 54.9 Å². The molecule has 3 N–H and O–H groups in total. The highest BCUT2D eigenvalue weighted by atomic mass is 32.2. The van der Waals surface area contributed by atoms with Crippen LogP contribution in [0.1, 0.15) is 25.6 Å². The largest absolute Gasteiger partial charge is 0.480 e. The second kappa shape index (κ2) is 11.3. The third-order valence-electron chi connectivity index (χ3n) is 7.55. The molecule has 1 amide bonds. The molecular formula is C28H29F3N8O4S. The minimum absolute atomic E-state index is 0.0701. The van der Waals surface area contributed by atoms with E-state index in [9.17, 15) is 22.0 Å². The molecule has 16 heteroatoms. The van der Waals surface area contributed by atoms with Crippen molar-refractivity contribution in [2.45, 2.75) is 30.4 Å². The van der Waals surface area contributed by atoms with E-state index in [0.717, 1.165) is 4.31 Å². The first-order chi connectivity index (χ1) is 22.1. The fraction of sp³-hybridized carbons (Fsp3) is 0.357. The molecule has 232 valence electrons. The summed E-state index contributed by atoms with van der Waals surface area (Å²) < 4.78 is 98.2. The van der Waals surface area contributed by atoms with Crippen LogP contribution in [0.2, 0.25) is 0 Å². The van der Waals surface area contributed by atoms with E-state index < -0.39 is 66.6 Å². The first kappa shape index (κ1) is 26.2. The molecule has 0 unspecified atom stereocenters. The molecule has 2 fully saturated rings. The van der Waals surface area contributed by atoms with Crippen LogP contribution in [0.25, 0.3) is 16.9 Å². The first-order valence-electron chi connectivity index (χ1n) is 15.0. The number of nitrogens with two attached hydrogens (primary N) is 1. The quantitative estimate of drug-likeness (QED) is 0.283. The lowest BCUT2D eigenvalue weighted by Gasteiger charge is -2.38. The molecule has 44 heavy (non-hydrogen) atoms. The number of anilines is 1. The van der Waals surface area contributed by atoms with Crippen LogP contribution in [-0.2, 0) is 22.3 Å². The number of pyridine rings is 1. The molecule has 2 atom stereocenters. The molecule has 3 aromatic heterocycles. The first-order valence-corrected chi connectivity index (χ1v) is 15.1. The fourth-order valence-corrected chi connectivity index (χ4v) is 7.01. The van der Waals surface area contributed by atoms with E-state index in [1.807, 2.05) is 0 Å². The van der Waals surface area contributed by atoms with Gasteiger partial charge < -0.3 is 15.8 Å². The van der Waals surface area contributed by atoms with Crippen molar-refractivity contribution in [3.63, 3.8) is 0 Å². The van der Waals surface area contributed by atoms with Crippen molar-refractivity contribution >= 4 is 27.3 Å². The van der Waals surface area contributed by atoms with Crippen molar-refractivity contribution in [1.29, 1.82) is 0 Å². The zero-order valence-corrected chi connectivity index (χ0v) is 23.8. The smallest absolute Gasteiger partial charge is 0.272 e. The average molecular weight is 634 g/mol. The molecule has 0 radical (unpaired) electrons. The molecule has 2 aliphatic rings. The summed E-state index contributed by atoms with van der Waals surface area (Å²) in [5.41, 5.74) is 7.49. The Balaban J connectivity index is 1.26. The number of fused-ring (bicyclic) bond motifs is 1. The molecule has 5 heterocycles. The van der Waals surface area contributed by atoms with Gasteiger partial charge in [0.1, 0.15) is 23.6 Å². The number of nitrogen functional groups attached to an aromatic ring is 1. The lowest BCUT2D eigenvalue weighted by molar-refractivity contribution is -0.133. The summed E-state index contributed by atoms with van der Waals surface area (Å²) in [5.74, 6) is -4.62. The number of carbonyl (C=O) groups excluding carboxylic acids is 1. The maximum atomic E-state index is 15.1. The predicted octanol–water partition coefficient (Wildman–Crippen LogP) is 2.12. The Morgan fingerprint density at radius 1 is 1.20 bits per heavy atom. The van der Waals surface area contributed by atoms with Crippen molar-refractivity contribution in [1.82, 2.24) is 34.1 Å². The Bertz CT molecular complexity index is 1920. The molecule has 2 aliphatic heterocycles. The van der Waals surface area contributed by atoms with Crippen LogP contribution in [0.3, 0.4) is 0 Å². The fourth-order valence-electron chi connectivity index (χ4n) is 5.46. The van der Waals surface area contributed by atoms with E-state index in [4.69, 9.17) is 14.6 Å². The van der Waals surface area contributed by atoms with E-state index >= 15 is 4.39 Å². The summed E-state index contributed by atoms with van der Waals surface area (Å²) in [6.45, 7) is -1.60. The van der Waals surface area contributed by atoms with Gasteiger partial charge in [-0.25, -0.2) is 36.1 Å². The number of amides is 1. The number of alkyl halides is 3. The average Bonchev–Trinajstić information content (AvgIpc) is 3.53. The standard InChI is InChI=1S/C28H29F3N8O4S/c1-43-27-19(26(40)35-22-12-38(11-20(22)29)44(41,42)13-17-5-3-2-4-6-17)7-8-21(36-27)23-9-18(10-37-14-28(30,31)15-37)24-25(32)33-16-34-39(23)24/h2-9,16,20,22H,10-15H2,1H3,(H,35,40)(H2,32,33,34)/t20-,22+/m0/s1/i1D3. The molecule has 1 aromatic carbocycles. The highest BCUT2D eigenvalue weighted by Crippen LogP contribution is 2.33. The highest BCUT2D eigenvalue weighted by Gasteiger charge is 2.44. The van der Waals surface area contributed by atoms with Crippen molar-refractivity contribution in [3.8, 4) is 17.3 Å². The van der Waals surface area contributed by atoms with Crippen molar-refractivity contribution in [2.24, 2.45) is 0 Å². The maximum absolute atomic E-state index is 15.1. The Morgan fingerprint density at radius 3 is 2.70 bits per heavy atom. The minimum Gasteiger partial charge on any atom is -0.480 e. The number of likely N-dealkylation sites (tertiary alicyclic amines) is 1. The van der Waals surface area contributed by atoms with Gasteiger partial charge in [-0.15, -0.1) is 0 Å². The normalized spacial score (nSPS) is 21.8. The number of hydrogen-bond acceptors (Lipinski definition) is 9. The van der Waals surface area contributed by atoms with Gasteiger partial charge in [0.25, 0.3) is 11.8 Å². The summed E-state index contributed by atoms with van der Waals surface area (Å²) in [7, 11) is -6.95. The lowest BCUT2D eigenvalue weighted by Crippen LogP contribution is -2.55. The number of halogens is 3. The summed E-state index contributed by atoms with van der Waals surface area (Å²) >= 11 is 0. The number of rotatable bonds is 9. The molecule has 6 rings (SSSR count). The van der Waals surface area contributed by atoms with Crippen LogP contribution in [0.4, 0.5) is 19.0 Å². The van der Waals surface area contributed by atoms with Gasteiger partial charge in [0.2, 0.25) is 15.9 Å². The molecule has 12 nitrogen and oxygen atoms in total. The predicted molar refractivity (Wildman–Crippen MR) is 154 cm³/mol. The number of aromatic nitrogens is 4. The van der Waals surface area contributed by atoms with Crippen LogP contribution in [0.5, 0.6) is 5.88 Å². The van der Waals surface area contributed by atoms with Gasteiger partial charge in [0.15, 0.2) is 5.82 Å². The Labute approximate surface area is 254 Å². The second-order valence-corrected chi connectivity index (χ2v) is 12.7. The van der Waals surface area contributed by atoms with E-state index in [0.29, 0.717) is 16.6 Å². The topological polar surface area (TPSA) is 148 Å². The minimum atomic E-state index is -3.91. The number of methoxy groups -OCH3 is 1. The van der Waals surface area contributed by atoms with E-state index in [2.05, 4.69) is 20.4 Å². The van der Waals surface area contributed by atoms with Crippen molar-refractivity contribution in [2.75, 3.05) is 39.0 Å². The lowest BCUT2D eigenvalue weighted by atomic mass is 10.1. The van der Waals surface area contributed by atoms with Crippen LogP contribution < -0.4 is 15.8 Å². The van der Waals surface area contributed by atoms with Crippen LogP contribution >= 0.6 is 0 Å². The van der Waals surface area contributed by atoms with Gasteiger partial charge >= 0.3 is 0 Å². The monoisotopic (exact) mass is 633 g/mol. The summed E-state index contributed by atoms with van der Waals surface area (Å²) in [6.07, 6.45) is -0.571. The molecule has 0 bridgehead atoms. The molecule has 0 spiro atoms. The van der Waals surface area contributed by atoms with Gasteiger partial charge in [-0.05, 0) is 29.3 Å². The zero-order chi connectivity index (χ0) is 33.7. The molecule has 0 saturated carbocycles. The number of benzene rings is 1. The van der Waals surface area contributed by atoms with Gasteiger partial charge in [-0.2, -0.15) is 9.40 Å². The third-order valence-corrected chi connectivity index (χ3v) is 9.33. The Hall–Kier alpha value is -4.28. The number of sulfonamides is 1. The van der Waals surface area contributed by atoms with Gasteiger partial charge in [-0.3, -0.25) is 9.69 Å². The Morgan fingerprint density at radius 2 is 1.98 bits per heavy atom. The van der Waals surface area contributed by atoms with Crippen LogP contribution in [-0.4, -0.2) is 94.5 Å². The zero-order valence-electron chi connectivity index (χ0n) is 26.0. The highest BCUT2D eigenvalue weighted by molar-refractivity contribution is 7.88. The van der Waals surface area contributed by atoms with Gasteiger partial charge in [-0.1, -0.05) is 30.3 Å². The van der Waals surface area contributed by atoms with E-state index in [1.54, 1.807) is 36.4 Å². The van der Waals surface area contributed by atoms with Crippen molar-refractivity contribution in [3.05, 3.63) is 71.5 Å². The third kappa shape index (κ3) is 5.79. The van der Waals surface area contributed by atoms with Crippen molar-refractivity contribution < 1.29 is 35.2 Å². The SMILES string of the molecule is [2H]C([2H])([2H])Oc1nc(-c2cc(CN3CC(F)(F)C3)c3c(N)ncnn23)ccc1C(=O)N[C@@H]1CN(S(=O)(=O)Cc2ccccc2)C[C@@H]1F. The number of nitrogens with one attached hydrogen (secondary N) is 1.